The lowest BCUT2D eigenvalue weighted by Gasteiger charge is -2.20. The minimum absolute atomic E-state index is 0.226. The summed E-state index contributed by atoms with van der Waals surface area (Å²) in [6, 6.07) is 6.87. The van der Waals surface area contributed by atoms with E-state index in [4.69, 9.17) is 0 Å². The molecule has 2 rings (SSSR count). The number of nitrogens with zero attached hydrogens (tertiary/aromatic N) is 3. The van der Waals surface area contributed by atoms with E-state index >= 15 is 0 Å². The summed E-state index contributed by atoms with van der Waals surface area (Å²) in [5.41, 5.74) is 0.265. The number of para-hydroxylation sites is 1. The lowest BCUT2D eigenvalue weighted by molar-refractivity contribution is -0.136. The molecular weight excluding hydrogens is 393 g/mol. The maximum atomic E-state index is 12.9. The van der Waals surface area contributed by atoms with E-state index in [-0.39, 0.29) is 11.3 Å². The van der Waals surface area contributed by atoms with Gasteiger partial charge in [-0.15, -0.1) is 0 Å². The van der Waals surface area contributed by atoms with Gasteiger partial charge in [0.25, 0.3) is 5.56 Å². The van der Waals surface area contributed by atoms with Crippen molar-refractivity contribution in [3.05, 3.63) is 34.6 Å². The predicted molar refractivity (Wildman–Crippen MR) is 104 cm³/mol. The zero-order valence-corrected chi connectivity index (χ0v) is 16.6. The molecule has 0 atom stereocenters. The third-order valence-electron chi connectivity index (χ3n) is 4.18. The van der Waals surface area contributed by atoms with Crippen molar-refractivity contribution in [1.29, 1.82) is 0 Å². The third kappa shape index (κ3) is 6.23. The molecule has 0 saturated heterocycles. The molecule has 10 heteroatoms. The van der Waals surface area contributed by atoms with E-state index in [0.717, 1.165) is 24.9 Å². The number of halogens is 3. The molecule has 0 bridgehead atoms. The van der Waals surface area contributed by atoms with Crippen molar-refractivity contribution >= 4 is 28.6 Å². The van der Waals surface area contributed by atoms with Crippen LogP contribution in [-0.2, 0) is 11.3 Å². The summed E-state index contributed by atoms with van der Waals surface area (Å²) in [6.07, 6.45) is -4.46. The predicted octanol–water partition coefficient (Wildman–Crippen LogP) is 2.51. The zero-order chi connectivity index (χ0) is 20.7. The van der Waals surface area contributed by atoms with Gasteiger partial charge in [-0.1, -0.05) is 37.7 Å². The monoisotopic (exact) mass is 416 g/mol. The summed E-state index contributed by atoms with van der Waals surface area (Å²) in [5, 5.41) is 2.61. The summed E-state index contributed by atoms with van der Waals surface area (Å²) in [6.45, 7) is 5.32. The maximum absolute atomic E-state index is 12.9. The number of rotatable bonds is 9. The van der Waals surface area contributed by atoms with E-state index in [0.29, 0.717) is 29.1 Å². The average molecular weight is 416 g/mol. The molecule has 1 aromatic carbocycles. The number of hydrogen-bond donors (Lipinski definition) is 1. The Labute approximate surface area is 165 Å². The van der Waals surface area contributed by atoms with E-state index in [1.807, 2.05) is 19.2 Å². The van der Waals surface area contributed by atoms with Crippen LogP contribution in [0.2, 0.25) is 0 Å². The fourth-order valence-electron chi connectivity index (χ4n) is 2.62. The Morgan fingerprint density at radius 1 is 1.25 bits per heavy atom. The zero-order valence-electron chi connectivity index (χ0n) is 15.8. The van der Waals surface area contributed by atoms with Gasteiger partial charge in [-0.2, -0.15) is 13.2 Å². The minimum atomic E-state index is -4.46. The van der Waals surface area contributed by atoms with Gasteiger partial charge in [-0.05, 0) is 25.2 Å². The second-order valence-electron chi connectivity index (χ2n) is 6.08. The standard InChI is InChI=1S/C18H23F3N4O2S/c1-3-24(4-2)9-10-25-16(27)13-7-5-6-8-14(13)23-17(25)28-11-15(26)22-12-18(19,20)21/h5-8H,3-4,9-12H2,1-2H3,(H,22,26). The normalized spacial score (nSPS) is 11.9. The van der Waals surface area contributed by atoms with E-state index in [2.05, 4.69) is 9.88 Å². The first-order valence-electron chi connectivity index (χ1n) is 8.93. The second kappa shape index (κ2) is 9.92. The highest BCUT2D eigenvalue weighted by Crippen LogP contribution is 2.18. The van der Waals surface area contributed by atoms with Crippen molar-refractivity contribution in [3.8, 4) is 0 Å². The number of carbonyl (C=O) groups excluding carboxylic acids is 1. The fourth-order valence-corrected chi connectivity index (χ4v) is 3.47. The first-order chi connectivity index (χ1) is 13.2. The number of aromatic nitrogens is 2. The van der Waals surface area contributed by atoms with Crippen LogP contribution < -0.4 is 10.9 Å². The smallest absolute Gasteiger partial charge is 0.346 e. The van der Waals surface area contributed by atoms with Crippen molar-refractivity contribution in [3.63, 3.8) is 0 Å². The van der Waals surface area contributed by atoms with Crippen molar-refractivity contribution < 1.29 is 18.0 Å². The number of hydrogen-bond acceptors (Lipinski definition) is 5. The summed E-state index contributed by atoms with van der Waals surface area (Å²) in [7, 11) is 0. The van der Waals surface area contributed by atoms with Gasteiger partial charge >= 0.3 is 6.18 Å². The van der Waals surface area contributed by atoms with Gasteiger partial charge in [0.2, 0.25) is 5.91 Å². The molecule has 1 heterocycles. The highest BCUT2D eigenvalue weighted by molar-refractivity contribution is 7.99. The molecule has 28 heavy (non-hydrogen) atoms. The van der Waals surface area contributed by atoms with Gasteiger partial charge in [-0.25, -0.2) is 4.98 Å². The molecule has 0 radical (unpaired) electrons. The quantitative estimate of drug-likeness (QED) is 0.503. The van der Waals surface area contributed by atoms with Gasteiger partial charge in [0.05, 0.1) is 16.7 Å². The van der Waals surface area contributed by atoms with E-state index < -0.39 is 18.6 Å². The molecule has 0 unspecified atom stereocenters. The van der Waals surface area contributed by atoms with Crippen LogP contribution >= 0.6 is 11.8 Å². The highest BCUT2D eigenvalue weighted by Gasteiger charge is 2.27. The van der Waals surface area contributed by atoms with Gasteiger partial charge in [0.15, 0.2) is 5.16 Å². The number of fused-ring (bicyclic) bond motifs is 1. The number of carbonyl (C=O) groups is 1. The summed E-state index contributed by atoms with van der Waals surface area (Å²) >= 11 is 0.956. The Hall–Kier alpha value is -2.07. The van der Waals surface area contributed by atoms with Crippen LogP contribution in [0, 0.1) is 0 Å². The van der Waals surface area contributed by atoms with Gasteiger partial charge in [-0.3, -0.25) is 14.2 Å². The molecule has 1 N–H and O–H groups in total. The van der Waals surface area contributed by atoms with Crippen LogP contribution in [0.3, 0.4) is 0 Å². The number of alkyl halides is 3. The molecule has 0 aliphatic carbocycles. The third-order valence-corrected chi connectivity index (χ3v) is 5.16. The SMILES string of the molecule is CCN(CC)CCn1c(SCC(=O)NCC(F)(F)F)nc2ccccc2c1=O. The van der Waals surface area contributed by atoms with Crippen LogP contribution in [0.15, 0.2) is 34.2 Å². The summed E-state index contributed by atoms with van der Waals surface area (Å²) in [4.78, 5) is 31.2. The Morgan fingerprint density at radius 3 is 2.57 bits per heavy atom. The molecule has 154 valence electrons. The largest absolute Gasteiger partial charge is 0.405 e. The van der Waals surface area contributed by atoms with Crippen LogP contribution in [0.4, 0.5) is 13.2 Å². The van der Waals surface area contributed by atoms with Gasteiger partial charge < -0.3 is 10.2 Å². The Balaban J connectivity index is 2.23. The molecule has 0 saturated carbocycles. The molecule has 6 nitrogen and oxygen atoms in total. The van der Waals surface area contributed by atoms with Crippen molar-refractivity contribution in [2.45, 2.75) is 31.7 Å². The van der Waals surface area contributed by atoms with Crippen LogP contribution in [0.5, 0.6) is 0 Å². The molecular formula is C18H23F3N4O2S. The van der Waals surface area contributed by atoms with Gasteiger partial charge in [0.1, 0.15) is 6.54 Å². The summed E-state index contributed by atoms with van der Waals surface area (Å²) in [5.74, 6) is -1.02. The topological polar surface area (TPSA) is 67.2 Å². The molecule has 2 aromatic rings. The Bertz CT molecular complexity index is 866. The fraction of sp³-hybridized carbons (Fsp3) is 0.500. The van der Waals surface area contributed by atoms with Crippen molar-refractivity contribution in [1.82, 2.24) is 19.8 Å². The number of thioether (sulfide) groups is 1. The number of nitrogens with one attached hydrogen (secondary N) is 1. The van der Waals surface area contributed by atoms with Crippen LogP contribution in [0.1, 0.15) is 13.8 Å². The molecule has 0 spiro atoms. The molecule has 0 aliphatic rings. The first-order valence-corrected chi connectivity index (χ1v) is 9.92. The lowest BCUT2D eigenvalue weighted by Crippen LogP contribution is -2.35. The number of benzene rings is 1. The summed E-state index contributed by atoms with van der Waals surface area (Å²) < 4.78 is 38.2. The molecule has 1 amide bonds. The van der Waals surface area contributed by atoms with E-state index in [1.165, 1.54) is 4.57 Å². The Kier molecular flexibility index (Phi) is 7.88. The van der Waals surface area contributed by atoms with E-state index in [9.17, 15) is 22.8 Å². The maximum Gasteiger partial charge on any atom is 0.405 e. The van der Waals surface area contributed by atoms with Crippen LogP contribution in [0.25, 0.3) is 10.9 Å². The van der Waals surface area contributed by atoms with Crippen molar-refractivity contribution in [2.75, 3.05) is 31.9 Å². The van der Waals surface area contributed by atoms with Gasteiger partial charge in [0, 0.05) is 13.1 Å². The number of likely N-dealkylation sites (N-methyl/N-ethyl adjacent to an activating group) is 1. The Morgan fingerprint density at radius 2 is 1.93 bits per heavy atom. The van der Waals surface area contributed by atoms with Crippen molar-refractivity contribution in [2.24, 2.45) is 0 Å². The first kappa shape index (κ1) is 22.2. The molecule has 0 aliphatic heterocycles. The average Bonchev–Trinajstić information content (AvgIpc) is 2.66. The molecule has 1 aromatic heterocycles. The second-order valence-corrected chi connectivity index (χ2v) is 7.02. The highest BCUT2D eigenvalue weighted by atomic mass is 32.2. The lowest BCUT2D eigenvalue weighted by atomic mass is 10.2. The molecule has 0 fully saturated rings. The van der Waals surface area contributed by atoms with Crippen LogP contribution in [-0.4, -0.2) is 58.5 Å². The minimum Gasteiger partial charge on any atom is -0.346 e. The number of amides is 1. The van der Waals surface area contributed by atoms with E-state index in [1.54, 1.807) is 24.3 Å².